The van der Waals surface area contributed by atoms with Crippen LogP contribution < -0.4 is 5.32 Å². The second kappa shape index (κ2) is 5.98. The van der Waals surface area contributed by atoms with Gasteiger partial charge in [-0.15, -0.1) is 10.2 Å². The lowest BCUT2D eigenvalue weighted by molar-refractivity contribution is 0.102. The second-order valence-electron chi connectivity index (χ2n) is 6.17. The number of hydrogen-bond acceptors (Lipinski definition) is 4. The summed E-state index contributed by atoms with van der Waals surface area (Å²) in [5, 5.41) is 11.8. The highest BCUT2D eigenvalue weighted by atomic mass is 16.1. The molecule has 0 aliphatic heterocycles. The number of benzene rings is 1. The van der Waals surface area contributed by atoms with Gasteiger partial charge in [0, 0.05) is 17.3 Å². The van der Waals surface area contributed by atoms with Crippen LogP contribution in [-0.2, 0) is 0 Å². The molecule has 1 aromatic carbocycles. The predicted molar refractivity (Wildman–Crippen MR) is 96.8 cm³/mol. The molecule has 1 N–H and O–H groups in total. The highest BCUT2D eigenvalue weighted by molar-refractivity contribution is 6.12. The first-order valence-electron chi connectivity index (χ1n) is 8.14. The minimum absolute atomic E-state index is 0.223. The molecule has 0 atom stereocenters. The molecule has 6 nitrogen and oxygen atoms in total. The first-order chi connectivity index (χ1) is 12.1. The van der Waals surface area contributed by atoms with Crippen molar-refractivity contribution in [2.45, 2.75) is 19.8 Å². The van der Waals surface area contributed by atoms with E-state index in [1.807, 2.05) is 54.7 Å². The predicted octanol–water partition coefficient (Wildman–Crippen LogP) is 3.65. The van der Waals surface area contributed by atoms with Crippen molar-refractivity contribution in [3.8, 4) is 0 Å². The van der Waals surface area contributed by atoms with E-state index in [9.17, 15) is 4.79 Å². The van der Waals surface area contributed by atoms with Gasteiger partial charge in [-0.25, -0.2) is 0 Å². The number of amides is 1. The van der Waals surface area contributed by atoms with Crippen molar-refractivity contribution in [1.29, 1.82) is 0 Å². The van der Waals surface area contributed by atoms with Crippen molar-refractivity contribution in [2.24, 2.45) is 0 Å². The molecular weight excluding hydrogens is 314 g/mol. The molecule has 0 bridgehead atoms. The molecule has 0 fully saturated rings. The monoisotopic (exact) mass is 331 g/mol. The summed E-state index contributed by atoms with van der Waals surface area (Å²) >= 11 is 0. The normalized spacial score (nSPS) is 11.3. The zero-order chi connectivity index (χ0) is 17.4. The van der Waals surface area contributed by atoms with Crippen molar-refractivity contribution in [2.75, 3.05) is 5.32 Å². The third-order valence-corrected chi connectivity index (χ3v) is 4.11. The molecule has 3 heterocycles. The van der Waals surface area contributed by atoms with Crippen molar-refractivity contribution in [3.63, 3.8) is 0 Å². The topological polar surface area (TPSA) is 72.2 Å². The highest BCUT2D eigenvalue weighted by Crippen LogP contribution is 2.23. The standard InChI is InChI=1S/C19H17N5O/c1-12(2)16-11-14(13-7-3-4-8-15(13)20-16)18(25)21-19-23-22-17-9-5-6-10-24(17)19/h3-12H,1-2H3,(H,21,23,25). The molecule has 0 unspecified atom stereocenters. The molecule has 1 amide bonds. The van der Waals surface area contributed by atoms with Crippen molar-refractivity contribution in [3.05, 3.63) is 66.0 Å². The summed E-state index contributed by atoms with van der Waals surface area (Å²) in [6.45, 7) is 4.12. The number of para-hydroxylation sites is 1. The van der Waals surface area contributed by atoms with Gasteiger partial charge in [0.25, 0.3) is 5.91 Å². The largest absolute Gasteiger partial charge is 0.290 e. The van der Waals surface area contributed by atoms with Crippen LogP contribution in [0.3, 0.4) is 0 Å². The Morgan fingerprint density at radius 2 is 1.88 bits per heavy atom. The van der Waals surface area contributed by atoms with Crippen LogP contribution >= 0.6 is 0 Å². The number of hydrogen-bond donors (Lipinski definition) is 1. The van der Waals surface area contributed by atoms with E-state index in [1.54, 1.807) is 4.40 Å². The SMILES string of the molecule is CC(C)c1cc(C(=O)Nc2nnc3ccccn23)c2ccccc2n1. The Morgan fingerprint density at radius 3 is 2.72 bits per heavy atom. The molecule has 0 spiro atoms. The van der Waals surface area contributed by atoms with E-state index in [4.69, 9.17) is 0 Å². The third-order valence-electron chi connectivity index (χ3n) is 4.11. The molecule has 4 rings (SSSR count). The van der Waals surface area contributed by atoms with Crippen molar-refractivity contribution >= 4 is 28.4 Å². The van der Waals surface area contributed by atoms with Gasteiger partial charge in [0.1, 0.15) is 0 Å². The number of nitrogens with zero attached hydrogens (tertiary/aromatic N) is 4. The van der Waals surface area contributed by atoms with Crippen LogP contribution in [0, 0.1) is 0 Å². The Balaban J connectivity index is 1.79. The Labute approximate surface area is 144 Å². The van der Waals surface area contributed by atoms with Crippen LogP contribution in [0.4, 0.5) is 5.95 Å². The van der Waals surface area contributed by atoms with Crippen LogP contribution in [0.1, 0.15) is 35.8 Å². The Bertz CT molecular complexity index is 1080. The van der Waals surface area contributed by atoms with Gasteiger partial charge in [-0.1, -0.05) is 38.1 Å². The summed E-state index contributed by atoms with van der Waals surface area (Å²) in [5.41, 5.74) is 2.96. The first-order valence-corrected chi connectivity index (χ1v) is 8.14. The summed E-state index contributed by atoms with van der Waals surface area (Å²) < 4.78 is 1.74. The maximum Gasteiger partial charge on any atom is 0.258 e. The lowest BCUT2D eigenvalue weighted by atomic mass is 10.0. The number of pyridine rings is 2. The average molecular weight is 331 g/mol. The van der Waals surface area contributed by atoms with Gasteiger partial charge in [0.2, 0.25) is 5.95 Å². The fraction of sp³-hybridized carbons (Fsp3) is 0.158. The fourth-order valence-corrected chi connectivity index (χ4v) is 2.78. The van der Waals surface area contributed by atoms with Crippen molar-refractivity contribution in [1.82, 2.24) is 19.6 Å². The van der Waals surface area contributed by atoms with Gasteiger partial charge >= 0.3 is 0 Å². The minimum atomic E-state index is -0.223. The second-order valence-corrected chi connectivity index (χ2v) is 6.17. The van der Waals surface area contributed by atoms with Gasteiger partial charge in [-0.05, 0) is 30.2 Å². The molecule has 0 aliphatic carbocycles. The van der Waals surface area contributed by atoms with E-state index < -0.39 is 0 Å². The van der Waals surface area contributed by atoms with Crippen LogP contribution in [-0.4, -0.2) is 25.5 Å². The van der Waals surface area contributed by atoms with Crippen LogP contribution in [0.15, 0.2) is 54.7 Å². The Kier molecular flexibility index (Phi) is 3.65. The summed E-state index contributed by atoms with van der Waals surface area (Å²) in [5.74, 6) is 0.399. The van der Waals surface area contributed by atoms with Gasteiger partial charge in [0.05, 0.1) is 11.1 Å². The number of nitrogens with one attached hydrogen (secondary N) is 1. The highest BCUT2D eigenvalue weighted by Gasteiger charge is 2.16. The summed E-state index contributed by atoms with van der Waals surface area (Å²) in [6.07, 6.45) is 1.81. The zero-order valence-electron chi connectivity index (χ0n) is 14.0. The maximum absolute atomic E-state index is 12.9. The lowest BCUT2D eigenvalue weighted by Gasteiger charge is -2.11. The van der Waals surface area contributed by atoms with Crippen molar-refractivity contribution < 1.29 is 4.79 Å². The average Bonchev–Trinajstić information content (AvgIpc) is 3.03. The first kappa shape index (κ1) is 15.3. The summed E-state index contributed by atoms with van der Waals surface area (Å²) in [4.78, 5) is 17.6. The Morgan fingerprint density at radius 1 is 1.08 bits per heavy atom. The molecule has 0 radical (unpaired) electrons. The van der Waals surface area contributed by atoms with E-state index in [-0.39, 0.29) is 11.8 Å². The number of rotatable bonds is 3. The molecule has 6 heteroatoms. The fourth-order valence-electron chi connectivity index (χ4n) is 2.78. The van der Waals surface area contributed by atoms with E-state index in [0.29, 0.717) is 17.2 Å². The number of anilines is 1. The quantitative estimate of drug-likeness (QED) is 0.622. The molecule has 0 aliphatic rings. The number of carbonyl (C=O) groups is 1. The Hall–Kier alpha value is -3.28. The number of aromatic nitrogens is 4. The molecule has 0 saturated carbocycles. The maximum atomic E-state index is 12.9. The molecule has 0 saturated heterocycles. The molecule has 3 aromatic heterocycles. The van der Waals surface area contributed by atoms with E-state index in [1.165, 1.54) is 0 Å². The van der Waals surface area contributed by atoms with Crippen LogP contribution in [0.25, 0.3) is 16.6 Å². The van der Waals surface area contributed by atoms with E-state index in [0.717, 1.165) is 16.6 Å². The molecule has 124 valence electrons. The van der Waals surface area contributed by atoms with Gasteiger partial charge < -0.3 is 0 Å². The zero-order valence-corrected chi connectivity index (χ0v) is 14.0. The lowest BCUT2D eigenvalue weighted by Crippen LogP contribution is -2.15. The minimum Gasteiger partial charge on any atom is -0.290 e. The van der Waals surface area contributed by atoms with Gasteiger partial charge in [-0.2, -0.15) is 0 Å². The summed E-state index contributed by atoms with van der Waals surface area (Å²) in [7, 11) is 0. The number of fused-ring (bicyclic) bond motifs is 2. The smallest absolute Gasteiger partial charge is 0.258 e. The number of carbonyl (C=O) groups excluding carboxylic acids is 1. The van der Waals surface area contributed by atoms with Gasteiger partial charge in [-0.3, -0.25) is 19.5 Å². The van der Waals surface area contributed by atoms with E-state index >= 15 is 0 Å². The molecular formula is C19H17N5O. The summed E-state index contributed by atoms with van der Waals surface area (Å²) in [6, 6.07) is 15.1. The van der Waals surface area contributed by atoms with E-state index in [2.05, 4.69) is 34.3 Å². The van der Waals surface area contributed by atoms with Crippen LogP contribution in [0.2, 0.25) is 0 Å². The molecule has 4 aromatic rings. The molecule has 25 heavy (non-hydrogen) atoms. The van der Waals surface area contributed by atoms with Gasteiger partial charge in [0.15, 0.2) is 5.65 Å². The van der Waals surface area contributed by atoms with Crippen LogP contribution in [0.5, 0.6) is 0 Å². The third kappa shape index (κ3) is 2.71.